The number of pyridine rings is 1. The third-order valence-electron chi connectivity index (χ3n) is 3.58. The quantitative estimate of drug-likeness (QED) is 0.837. The number of aliphatic hydroxyl groups is 1. The molecule has 1 fully saturated rings. The molecular weight excluding hydrogens is 264 g/mol. The summed E-state index contributed by atoms with van der Waals surface area (Å²) >= 11 is 5.84. The Labute approximate surface area is 118 Å². The fourth-order valence-corrected chi connectivity index (χ4v) is 2.76. The van der Waals surface area contributed by atoms with Crippen molar-refractivity contribution in [3.8, 4) is 0 Å². The van der Waals surface area contributed by atoms with E-state index in [-0.39, 0.29) is 17.9 Å². The molecule has 5 heteroatoms. The Kier molecular flexibility index (Phi) is 4.77. The topological polar surface area (TPSA) is 62.2 Å². The smallest absolute Gasteiger partial charge is 0.251 e. The van der Waals surface area contributed by atoms with Gasteiger partial charge in [0.15, 0.2) is 0 Å². The number of carbonyl (C=O) groups is 1. The van der Waals surface area contributed by atoms with E-state index < -0.39 is 0 Å². The minimum absolute atomic E-state index is 0.162. The van der Waals surface area contributed by atoms with E-state index in [9.17, 15) is 9.90 Å². The van der Waals surface area contributed by atoms with Crippen molar-refractivity contribution in [1.82, 2.24) is 10.3 Å². The number of aryl methyl sites for hydroxylation is 1. The van der Waals surface area contributed by atoms with Crippen LogP contribution in [0.2, 0.25) is 5.15 Å². The zero-order chi connectivity index (χ0) is 13.8. The van der Waals surface area contributed by atoms with Gasteiger partial charge < -0.3 is 10.4 Å². The Hall–Kier alpha value is -1.13. The van der Waals surface area contributed by atoms with E-state index in [1.165, 1.54) is 0 Å². The molecular formula is C14H19ClN2O2. The number of aromatic nitrogens is 1. The molecule has 0 aromatic carbocycles. The first-order chi connectivity index (χ1) is 9.06. The van der Waals surface area contributed by atoms with Crippen LogP contribution >= 0.6 is 11.6 Å². The Bertz CT molecular complexity index is 445. The van der Waals surface area contributed by atoms with Crippen LogP contribution in [0.15, 0.2) is 12.1 Å². The van der Waals surface area contributed by atoms with Crippen LogP contribution in [-0.4, -0.2) is 28.6 Å². The summed E-state index contributed by atoms with van der Waals surface area (Å²) in [6, 6.07) is 3.26. The van der Waals surface area contributed by atoms with Gasteiger partial charge in [-0.3, -0.25) is 4.79 Å². The molecule has 2 rings (SSSR count). The van der Waals surface area contributed by atoms with E-state index in [2.05, 4.69) is 10.3 Å². The van der Waals surface area contributed by atoms with Crippen LogP contribution in [0, 0.1) is 12.8 Å². The fourth-order valence-electron chi connectivity index (χ4n) is 2.51. The molecule has 2 unspecified atom stereocenters. The van der Waals surface area contributed by atoms with E-state index in [1.54, 1.807) is 19.1 Å². The molecule has 4 nitrogen and oxygen atoms in total. The molecule has 1 amide bonds. The zero-order valence-corrected chi connectivity index (χ0v) is 11.8. The number of nitrogens with one attached hydrogen (secondary N) is 1. The normalized spacial score (nSPS) is 23.1. The van der Waals surface area contributed by atoms with Gasteiger partial charge in [-0.2, -0.15) is 0 Å². The highest BCUT2D eigenvalue weighted by Crippen LogP contribution is 2.23. The van der Waals surface area contributed by atoms with Gasteiger partial charge in [-0.1, -0.05) is 24.4 Å². The lowest BCUT2D eigenvalue weighted by Gasteiger charge is -2.27. The summed E-state index contributed by atoms with van der Waals surface area (Å²) in [6.45, 7) is 2.31. The predicted molar refractivity (Wildman–Crippen MR) is 74.3 cm³/mol. The average molecular weight is 283 g/mol. The molecule has 2 atom stereocenters. The number of rotatable bonds is 3. The number of amides is 1. The second kappa shape index (κ2) is 6.35. The van der Waals surface area contributed by atoms with Crippen molar-refractivity contribution < 1.29 is 9.90 Å². The Morgan fingerprint density at radius 1 is 1.47 bits per heavy atom. The van der Waals surface area contributed by atoms with Crippen LogP contribution in [0.1, 0.15) is 41.7 Å². The van der Waals surface area contributed by atoms with Gasteiger partial charge in [0.1, 0.15) is 5.15 Å². The maximum Gasteiger partial charge on any atom is 0.251 e. The van der Waals surface area contributed by atoms with Crippen molar-refractivity contribution >= 4 is 17.5 Å². The molecule has 2 N–H and O–H groups in total. The van der Waals surface area contributed by atoms with Crippen molar-refractivity contribution in [3.05, 3.63) is 28.5 Å². The third-order valence-corrected chi connectivity index (χ3v) is 3.77. The fraction of sp³-hybridized carbons (Fsp3) is 0.571. The van der Waals surface area contributed by atoms with Crippen molar-refractivity contribution in [3.63, 3.8) is 0 Å². The van der Waals surface area contributed by atoms with Gasteiger partial charge in [-0.25, -0.2) is 4.98 Å². The molecule has 0 spiro atoms. The van der Waals surface area contributed by atoms with Gasteiger partial charge in [0, 0.05) is 23.7 Å². The number of carbonyl (C=O) groups excluding carboxylic acids is 1. The summed E-state index contributed by atoms with van der Waals surface area (Å²) in [7, 11) is 0. The van der Waals surface area contributed by atoms with E-state index in [0.29, 0.717) is 17.3 Å². The largest absolute Gasteiger partial charge is 0.393 e. The SMILES string of the molecule is Cc1cc(C(=O)NCC2CCCCC2O)cc(Cl)n1. The molecule has 1 aromatic rings. The zero-order valence-electron chi connectivity index (χ0n) is 11.0. The van der Waals surface area contributed by atoms with Gasteiger partial charge in [0.05, 0.1) is 6.10 Å². The van der Waals surface area contributed by atoms with Crippen LogP contribution in [0.4, 0.5) is 0 Å². The number of hydrogen-bond acceptors (Lipinski definition) is 3. The maximum atomic E-state index is 12.0. The monoisotopic (exact) mass is 282 g/mol. The van der Waals surface area contributed by atoms with E-state index in [4.69, 9.17) is 11.6 Å². The second-order valence-electron chi connectivity index (χ2n) is 5.14. The first-order valence-electron chi connectivity index (χ1n) is 6.66. The van der Waals surface area contributed by atoms with E-state index in [0.717, 1.165) is 31.4 Å². The van der Waals surface area contributed by atoms with Gasteiger partial charge in [0.2, 0.25) is 0 Å². The highest BCUT2D eigenvalue weighted by molar-refractivity contribution is 6.29. The first-order valence-corrected chi connectivity index (χ1v) is 7.04. The lowest BCUT2D eigenvalue weighted by molar-refractivity contribution is 0.0663. The Morgan fingerprint density at radius 2 is 2.21 bits per heavy atom. The molecule has 0 bridgehead atoms. The second-order valence-corrected chi connectivity index (χ2v) is 5.53. The molecule has 1 aromatic heterocycles. The highest BCUT2D eigenvalue weighted by Gasteiger charge is 2.23. The van der Waals surface area contributed by atoms with Crippen molar-refractivity contribution in [1.29, 1.82) is 0 Å². The van der Waals surface area contributed by atoms with E-state index in [1.807, 2.05) is 0 Å². The summed E-state index contributed by atoms with van der Waals surface area (Å²) in [6.07, 6.45) is 3.71. The summed E-state index contributed by atoms with van der Waals surface area (Å²) in [5, 5.41) is 13.0. The Morgan fingerprint density at radius 3 is 2.89 bits per heavy atom. The first kappa shape index (κ1) is 14.3. The molecule has 1 saturated carbocycles. The molecule has 104 valence electrons. The van der Waals surface area contributed by atoms with Gasteiger partial charge in [-0.15, -0.1) is 0 Å². The molecule has 1 aliphatic rings. The van der Waals surface area contributed by atoms with E-state index >= 15 is 0 Å². The van der Waals surface area contributed by atoms with Crippen LogP contribution < -0.4 is 5.32 Å². The van der Waals surface area contributed by atoms with Crippen LogP contribution in [0.25, 0.3) is 0 Å². The Balaban J connectivity index is 1.93. The van der Waals surface area contributed by atoms with Crippen LogP contribution in [-0.2, 0) is 0 Å². The number of halogens is 1. The lowest BCUT2D eigenvalue weighted by atomic mass is 9.86. The van der Waals surface area contributed by atoms with Crippen molar-refractivity contribution in [2.24, 2.45) is 5.92 Å². The average Bonchev–Trinajstić information content (AvgIpc) is 2.36. The summed E-state index contributed by atoms with van der Waals surface area (Å²) in [4.78, 5) is 16.0. The predicted octanol–water partition coefficient (Wildman–Crippen LogP) is 2.32. The number of aliphatic hydroxyl groups excluding tert-OH is 1. The lowest BCUT2D eigenvalue weighted by Crippen LogP contribution is -2.36. The molecule has 0 radical (unpaired) electrons. The summed E-state index contributed by atoms with van der Waals surface area (Å²) in [5.41, 5.74) is 1.23. The molecule has 19 heavy (non-hydrogen) atoms. The van der Waals surface area contributed by atoms with Gasteiger partial charge >= 0.3 is 0 Å². The highest BCUT2D eigenvalue weighted by atomic mass is 35.5. The van der Waals surface area contributed by atoms with Crippen molar-refractivity contribution in [2.75, 3.05) is 6.54 Å². The van der Waals surface area contributed by atoms with Gasteiger partial charge in [0.25, 0.3) is 5.91 Å². The minimum atomic E-state index is -0.295. The molecule has 0 saturated heterocycles. The summed E-state index contributed by atoms with van der Waals surface area (Å²) in [5.74, 6) is 0.00118. The maximum absolute atomic E-state index is 12.0. The third kappa shape index (κ3) is 3.91. The molecule has 1 aliphatic carbocycles. The van der Waals surface area contributed by atoms with Crippen LogP contribution in [0.3, 0.4) is 0 Å². The number of nitrogens with zero attached hydrogens (tertiary/aromatic N) is 1. The standard InChI is InChI=1S/C14H19ClN2O2/c1-9-6-11(7-13(15)17-9)14(19)16-8-10-4-2-3-5-12(10)18/h6-7,10,12,18H,2-5,8H2,1H3,(H,16,19). The minimum Gasteiger partial charge on any atom is -0.393 e. The number of hydrogen-bond donors (Lipinski definition) is 2. The van der Waals surface area contributed by atoms with Crippen LogP contribution in [0.5, 0.6) is 0 Å². The summed E-state index contributed by atoms with van der Waals surface area (Å²) < 4.78 is 0. The molecule has 1 heterocycles. The van der Waals surface area contributed by atoms with Crippen molar-refractivity contribution in [2.45, 2.75) is 38.7 Å². The molecule has 0 aliphatic heterocycles. The van der Waals surface area contributed by atoms with Gasteiger partial charge in [-0.05, 0) is 31.9 Å².